The van der Waals surface area contributed by atoms with Gasteiger partial charge in [0.05, 0.1) is 12.7 Å². The first-order valence-corrected chi connectivity index (χ1v) is 6.92. The number of nitrogens with one attached hydrogen (secondary N) is 1. The summed E-state index contributed by atoms with van der Waals surface area (Å²) in [6.45, 7) is 2.15. The van der Waals surface area contributed by atoms with Crippen LogP contribution in [-0.4, -0.2) is 32.5 Å². The molecule has 0 radical (unpaired) electrons. The maximum atomic E-state index is 13.9. The number of hydrogen-bond donors (Lipinski definition) is 1. The van der Waals surface area contributed by atoms with Gasteiger partial charge in [0.25, 0.3) is 5.92 Å². The second-order valence-electron chi connectivity index (χ2n) is 5.32. The minimum Gasteiger partial charge on any atom is -0.379 e. The second kappa shape index (κ2) is 6.77. The van der Waals surface area contributed by atoms with Gasteiger partial charge in [-0.05, 0) is 12.5 Å². The number of methoxy groups -OCH3 is 1. The quantitative estimate of drug-likeness (QED) is 0.907. The third-order valence-electron chi connectivity index (χ3n) is 3.72. The van der Waals surface area contributed by atoms with Crippen LogP contribution in [0.4, 0.5) is 13.2 Å². The Morgan fingerprint density at radius 1 is 1.43 bits per heavy atom. The van der Waals surface area contributed by atoms with Gasteiger partial charge in [-0.1, -0.05) is 12.1 Å². The van der Waals surface area contributed by atoms with Crippen molar-refractivity contribution in [2.24, 2.45) is 0 Å². The minimum atomic E-state index is -3.03. The molecule has 0 bridgehead atoms. The molecule has 3 nitrogen and oxygen atoms in total. The predicted molar refractivity (Wildman–Crippen MR) is 72.8 cm³/mol. The first kappa shape index (κ1) is 16.3. The Kier molecular flexibility index (Phi) is 5.24. The average molecular weight is 303 g/mol. The Balaban J connectivity index is 2.00. The summed E-state index contributed by atoms with van der Waals surface area (Å²) in [5.74, 6) is -3.66. The molecule has 0 spiro atoms. The van der Waals surface area contributed by atoms with Gasteiger partial charge < -0.3 is 14.8 Å². The normalized spacial score (nSPS) is 23.3. The van der Waals surface area contributed by atoms with Crippen LogP contribution in [0.5, 0.6) is 0 Å². The van der Waals surface area contributed by atoms with Gasteiger partial charge >= 0.3 is 0 Å². The van der Waals surface area contributed by atoms with Crippen molar-refractivity contribution in [3.05, 3.63) is 35.1 Å². The maximum Gasteiger partial charge on any atom is 0.270 e. The minimum absolute atomic E-state index is 0.0652. The lowest BCUT2D eigenvalue weighted by atomic mass is 10.0. The van der Waals surface area contributed by atoms with E-state index in [0.29, 0.717) is 18.8 Å². The molecule has 0 unspecified atom stereocenters. The fourth-order valence-electron chi connectivity index (χ4n) is 2.38. The van der Waals surface area contributed by atoms with Gasteiger partial charge in [0, 0.05) is 44.4 Å². The summed E-state index contributed by atoms with van der Waals surface area (Å²) in [6.07, 6.45) is 0.687. The Bertz CT molecular complexity index is 476. The molecule has 1 N–H and O–H groups in total. The van der Waals surface area contributed by atoms with Crippen LogP contribution in [0, 0.1) is 5.82 Å². The van der Waals surface area contributed by atoms with E-state index in [0.717, 1.165) is 19.4 Å². The molecule has 1 aliphatic heterocycles. The van der Waals surface area contributed by atoms with Crippen LogP contribution in [0.3, 0.4) is 0 Å². The summed E-state index contributed by atoms with van der Waals surface area (Å²) in [5, 5.41) is 3.21. The molecule has 1 fully saturated rings. The van der Waals surface area contributed by atoms with Crippen LogP contribution in [0.15, 0.2) is 18.2 Å². The number of benzene rings is 1. The number of rotatable bonds is 5. The lowest BCUT2D eigenvalue weighted by Crippen LogP contribution is -2.47. The monoisotopic (exact) mass is 303 g/mol. The highest BCUT2D eigenvalue weighted by atomic mass is 19.3. The van der Waals surface area contributed by atoms with Crippen molar-refractivity contribution in [3.8, 4) is 0 Å². The third-order valence-corrected chi connectivity index (χ3v) is 3.72. The van der Waals surface area contributed by atoms with Crippen LogP contribution >= 0.6 is 0 Å². The second-order valence-corrected chi connectivity index (χ2v) is 5.32. The molecule has 2 rings (SSSR count). The molecule has 1 aromatic carbocycles. The highest BCUT2D eigenvalue weighted by molar-refractivity contribution is 5.27. The van der Waals surface area contributed by atoms with E-state index < -0.39 is 11.7 Å². The standard InChI is InChI=1S/C15H20F3NO2/c1-15(17,18)11-4-3-10(12(16)7-11)8-19-13-5-6-21-9-14(13)20-2/h3-4,7,13-14,19H,5-6,8-9H2,1-2H3/t13-,14+/m1/s1. The Morgan fingerprint density at radius 2 is 2.19 bits per heavy atom. The van der Waals surface area contributed by atoms with E-state index in [1.807, 2.05) is 0 Å². The van der Waals surface area contributed by atoms with Gasteiger partial charge in [-0.2, -0.15) is 0 Å². The first-order valence-electron chi connectivity index (χ1n) is 6.92. The first-order chi connectivity index (χ1) is 9.91. The largest absolute Gasteiger partial charge is 0.379 e. The van der Waals surface area contributed by atoms with E-state index >= 15 is 0 Å². The molecule has 0 amide bonds. The van der Waals surface area contributed by atoms with Crippen LogP contribution in [0.1, 0.15) is 24.5 Å². The third kappa shape index (κ3) is 4.18. The number of hydrogen-bond acceptors (Lipinski definition) is 3. The van der Waals surface area contributed by atoms with Crippen molar-refractivity contribution < 1.29 is 22.6 Å². The zero-order valence-electron chi connectivity index (χ0n) is 12.2. The Labute approximate surface area is 122 Å². The summed E-state index contributed by atoms with van der Waals surface area (Å²) in [5.41, 5.74) is 0.0499. The lowest BCUT2D eigenvalue weighted by molar-refractivity contribution is -0.0502. The Morgan fingerprint density at radius 3 is 2.81 bits per heavy atom. The zero-order chi connectivity index (χ0) is 15.5. The molecule has 1 saturated heterocycles. The van der Waals surface area contributed by atoms with Gasteiger partial charge in [-0.15, -0.1) is 0 Å². The molecular formula is C15H20F3NO2. The molecule has 0 aliphatic carbocycles. The van der Waals surface area contributed by atoms with E-state index in [4.69, 9.17) is 9.47 Å². The number of ether oxygens (including phenoxy) is 2. The fraction of sp³-hybridized carbons (Fsp3) is 0.600. The summed E-state index contributed by atoms with van der Waals surface area (Å²) in [6, 6.07) is 3.62. The van der Waals surface area contributed by atoms with Gasteiger partial charge in [0.1, 0.15) is 5.82 Å². The van der Waals surface area contributed by atoms with Crippen LogP contribution in [-0.2, 0) is 21.9 Å². The predicted octanol–water partition coefficient (Wildman–Crippen LogP) is 2.83. The fourth-order valence-corrected chi connectivity index (χ4v) is 2.38. The smallest absolute Gasteiger partial charge is 0.270 e. The van der Waals surface area contributed by atoms with Gasteiger partial charge in [-0.25, -0.2) is 13.2 Å². The molecule has 118 valence electrons. The van der Waals surface area contributed by atoms with Crippen LogP contribution in [0.25, 0.3) is 0 Å². The van der Waals surface area contributed by atoms with Gasteiger partial charge in [0.2, 0.25) is 0 Å². The number of alkyl halides is 2. The zero-order valence-corrected chi connectivity index (χ0v) is 12.2. The summed E-state index contributed by atoms with van der Waals surface area (Å²) in [4.78, 5) is 0. The topological polar surface area (TPSA) is 30.5 Å². The average Bonchev–Trinajstić information content (AvgIpc) is 2.45. The van der Waals surface area contributed by atoms with Crippen molar-refractivity contribution >= 4 is 0 Å². The van der Waals surface area contributed by atoms with E-state index in [9.17, 15) is 13.2 Å². The highest BCUT2D eigenvalue weighted by Gasteiger charge is 2.27. The van der Waals surface area contributed by atoms with Gasteiger partial charge in [0.15, 0.2) is 0 Å². The van der Waals surface area contributed by atoms with Gasteiger partial charge in [-0.3, -0.25) is 0 Å². The molecule has 1 aliphatic rings. The molecular weight excluding hydrogens is 283 g/mol. The molecule has 21 heavy (non-hydrogen) atoms. The van der Waals surface area contributed by atoms with Crippen molar-refractivity contribution in [2.75, 3.05) is 20.3 Å². The molecule has 1 aromatic rings. The lowest BCUT2D eigenvalue weighted by Gasteiger charge is -2.31. The van der Waals surface area contributed by atoms with Crippen LogP contribution < -0.4 is 5.32 Å². The SMILES string of the molecule is CO[C@H]1COCC[C@H]1NCc1ccc(C(C)(F)F)cc1F. The van der Waals surface area contributed by atoms with Crippen molar-refractivity contribution in [3.63, 3.8) is 0 Å². The summed E-state index contributed by atoms with van der Waals surface area (Å²) in [7, 11) is 1.60. The van der Waals surface area contributed by atoms with E-state index in [2.05, 4.69) is 5.32 Å². The molecule has 6 heteroatoms. The molecule has 0 aromatic heterocycles. The number of halogens is 3. The van der Waals surface area contributed by atoms with Crippen molar-refractivity contribution in [2.45, 2.75) is 38.0 Å². The van der Waals surface area contributed by atoms with Crippen molar-refractivity contribution in [1.82, 2.24) is 5.32 Å². The molecule has 0 saturated carbocycles. The summed E-state index contributed by atoms with van der Waals surface area (Å²) < 4.78 is 50.8. The van der Waals surface area contributed by atoms with E-state index in [1.165, 1.54) is 12.1 Å². The van der Waals surface area contributed by atoms with E-state index in [-0.39, 0.29) is 24.3 Å². The Hall–Kier alpha value is -1.11. The summed E-state index contributed by atoms with van der Waals surface area (Å²) >= 11 is 0. The maximum absolute atomic E-state index is 13.9. The van der Waals surface area contributed by atoms with E-state index in [1.54, 1.807) is 7.11 Å². The highest BCUT2D eigenvalue weighted by Crippen LogP contribution is 2.28. The van der Waals surface area contributed by atoms with Crippen molar-refractivity contribution in [1.29, 1.82) is 0 Å². The van der Waals surface area contributed by atoms with Crippen LogP contribution in [0.2, 0.25) is 0 Å². The molecule has 2 atom stereocenters. The molecule has 1 heterocycles.